The normalized spacial score (nSPS) is 31.8. The monoisotopic (exact) mass is 232 g/mol. The van der Waals surface area contributed by atoms with Gasteiger partial charge in [0.05, 0.1) is 0 Å². The van der Waals surface area contributed by atoms with Crippen molar-refractivity contribution < 1.29 is 4.74 Å². The molecule has 1 nitrogen and oxygen atoms in total. The highest BCUT2D eigenvalue weighted by atomic mass is 35.5. The van der Waals surface area contributed by atoms with Crippen LogP contribution < -0.4 is 0 Å². The van der Waals surface area contributed by atoms with Crippen molar-refractivity contribution in [2.45, 2.75) is 57.2 Å². The number of hydrogen-bond donors (Lipinski definition) is 0. The van der Waals surface area contributed by atoms with Crippen molar-refractivity contribution in [3.05, 3.63) is 0 Å². The first-order valence-electron chi connectivity index (χ1n) is 6.41. The Balaban J connectivity index is 2.19. The zero-order valence-electron chi connectivity index (χ0n) is 10.2. The third-order valence-corrected chi connectivity index (χ3v) is 4.32. The van der Waals surface area contributed by atoms with Crippen LogP contribution in [0.1, 0.15) is 51.9 Å². The third-order valence-electron chi connectivity index (χ3n) is 3.75. The van der Waals surface area contributed by atoms with Crippen LogP contribution in [0.25, 0.3) is 0 Å². The number of alkyl halides is 1. The van der Waals surface area contributed by atoms with E-state index in [0.29, 0.717) is 5.38 Å². The van der Waals surface area contributed by atoms with Crippen molar-refractivity contribution in [1.82, 2.24) is 0 Å². The predicted octanol–water partition coefficient (Wildman–Crippen LogP) is 4.24. The van der Waals surface area contributed by atoms with E-state index in [1.807, 2.05) is 0 Å². The highest BCUT2D eigenvalue weighted by Gasteiger charge is 2.27. The van der Waals surface area contributed by atoms with Crippen molar-refractivity contribution in [3.8, 4) is 0 Å². The summed E-state index contributed by atoms with van der Waals surface area (Å²) >= 11 is 6.39. The molecule has 1 aliphatic rings. The molecule has 0 aromatic heterocycles. The van der Waals surface area contributed by atoms with E-state index in [-0.39, 0.29) is 0 Å². The lowest BCUT2D eigenvalue weighted by Crippen LogP contribution is -2.25. The first-order chi connectivity index (χ1) is 7.27. The molecular weight excluding hydrogens is 208 g/mol. The molecule has 0 bridgehead atoms. The largest absolute Gasteiger partial charge is 0.385 e. The highest BCUT2D eigenvalue weighted by Crippen LogP contribution is 2.36. The summed E-state index contributed by atoms with van der Waals surface area (Å²) < 4.78 is 5.07. The SMILES string of the molecule is CCC1CCC(Cl)C(CCCCOC)C1. The molecule has 1 saturated carbocycles. The lowest BCUT2D eigenvalue weighted by molar-refractivity contribution is 0.185. The molecule has 2 heteroatoms. The maximum Gasteiger partial charge on any atom is 0.0462 e. The quantitative estimate of drug-likeness (QED) is 0.492. The van der Waals surface area contributed by atoms with Gasteiger partial charge in [0.1, 0.15) is 0 Å². The third kappa shape index (κ3) is 4.74. The van der Waals surface area contributed by atoms with Crippen LogP contribution in [0, 0.1) is 11.8 Å². The second kappa shape index (κ2) is 7.51. The molecule has 0 heterocycles. The number of rotatable bonds is 6. The minimum absolute atomic E-state index is 0.440. The summed E-state index contributed by atoms with van der Waals surface area (Å²) in [5, 5.41) is 0.440. The van der Waals surface area contributed by atoms with Crippen LogP contribution in [-0.2, 0) is 4.74 Å². The summed E-state index contributed by atoms with van der Waals surface area (Å²) in [7, 11) is 1.78. The van der Waals surface area contributed by atoms with Crippen LogP contribution in [0.3, 0.4) is 0 Å². The second-order valence-corrected chi connectivity index (χ2v) is 5.41. The van der Waals surface area contributed by atoms with E-state index in [9.17, 15) is 0 Å². The van der Waals surface area contributed by atoms with E-state index >= 15 is 0 Å². The first-order valence-corrected chi connectivity index (χ1v) is 6.84. The van der Waals surface area contributed by atoms with Gasteiger partial charge in [-0.1, -0.05) is 19.8 Å². The Labute approximate surface area is 99.5 Å². The molecule has 0 aromatic carbocycles. The first kappa shape index (κ1) is 13.3. The van der Waals surface area contributed by atoms with Crippen LogP contribution >= 0.6 is 11.6 Å². The van der Waals surface area contributed by atoms with Crippen molar-refractivity contribution in [3.63, 3.8) is 0 Å². The molecule has 90 valence electrons. The number of halogens is 1. The summed E-state index contributed by atoms with van der Waals surface area (Å²) in [6.45, 7) is 3.21. The number of unbranched alkanes of at least 4 members (excludes halogenated alkanes) is 1. The number of methoxy groups -OCH3 is 1. The molecule has 0 amide bonds. The van der Waals surface area contributed by atoms with Gasteiger partial charge < -0.3 is 4.74 Å². The lowest BCUT2D eigenvalue weighted by atomic mass is 9.78. The molecule has 1 fully saturated rings. The molecule has 0 aliphatic heterocycles. The zero-order chi connectivity index (χ0) is 11.1. The Morgan fingerprint density at radius 3 is 2.73 bits per heavy atom. The summed E-state index contributed by atoms with van der Waals surface area (Å²) in [5.41, 5.74) is 0. The van der Waals surface area contributed by atoms with E-state index < -0.39 is 0 Å². The number of ether oxygens (including phenoxy) is 1. The fourth-order valence-corrected chi connectivity index (χ4v) is 3.00. The van der Waals surface area contributed by atoms with Gasteiger partial charge >= 0.3 is 0 Å². The van der Waals surface area contributed by atoms with E-state index in [1.165, 1.54) is 44.9 Å². The van der Waals surface area contributed by atoms with Crippen LogP contribution in [0.5, 0.6) is 0 Å². The molecule has 0 saturated heterocycles. The molecule has 0 N–H and O–H groups in total. The molecule has 0 radical (unpaired) electrons. The fourth-order valence-electron chi connectivity index (χ4n) is 2.65. The van der Waals surface area contributed by atoms with Crippen LogP contribution in [-0.4, -0.2) is 19.1 Å². The summed E-state index contributed by atoms with van der Waals surface area (Å²) in [4.78, 5) is 0. The average Bonchev–Trinajstić information content (AvgIpc) is 2.26. The standard InChI is InChI=1S/C13H25ClO/c1-3-11-7-8-13(14)12(10-11)6-4-5-9-15-2/h11-13H,3-10H2,1-2H3. The van der Waals surface area contributed by atoms with Crippen LogP contribution in [0.15, 0.2) is 0 Å². The van der Waals surface area contributed by atoms with Gasteiger partial charge in [-0.05, 0) is 43.9 Å². The smallest absolute Gasteiger partial charge is 0.0462 e. The number of hydrogen-bond acceptors (Lipinski definition) is 1. The maximum absolute atomic E-state index is 6.39. The van der Waals surface area contributed by atoms with Gasteiger partial charge in [0.2, 0.25) is 0 Å². The van der Waals surface area contributed by atoms with Crippen molar-refractivity contribution in [2.75, 3.05) is 13.7 Å². The Bertz CT molecular complexity index is 161. The van der Waals surface area contributed by atoms with E-state index in [4.69, 9.17) is 16.3 Å². The average molecular weight is 233 g/mol. The van der Waals surface area contributed by atoms with Gasteiger partial charge in [-0.2, -0.15) is 0 Å². The second-order valence-electron chi connectivity index (χ2n) is 4.85. The van der Waals surface area contributed by atoms with Gasteiger partial charge in [-0.15, -0.1) is 11.6 Å². The molecular formula is C13H25ClO. The summed E-state index contributed by atoms with van der Waals surface area (Å²) in [6, 6.07) is 0. The Kier molecular flexibility index (Phi) is 6.67. The van der Waals surface area contributed by atoms with Crippen molar-refractivity contribution in [1.29, 1.82) is 0 Å². The molecule has 15 heavy (non-hydrogen) atoms. The van der Waals surface area contributed by atoms with Crippen LogP contribution in [0.2, 0.25) is 0 Å². The molecule has 3 atom stereocenters. The van der Waals surface area contributed by atoms with Gasteiger partial charge in [0.15, 0.2) is 0 Å². The topological polar surface area (TPSA) is 9.23 Å². The van der Waals surface area contributed by atoms with Gasteiger partial charge in [0.25, 0.3) is 0 Å². The van der Waals surface area contributed by atoms with Gasteiger partial charge in [-0.3, -0.25) is 0 Å². The van der Waals surface area contributed by atoms with Gasteiger partial charge in [0, 0.05) is 19.1 Å². The highest BCUT2D eigenvalue weighted by molar-refractivity contribution is 6.20. The fraction of sp³-hybridized carbons (Fsp3) is 1.00. The zero-order valence-corrected chi connectivity index (χ0v) is 10.9. The van der Waals surface area contributed by atoms with E-state index in [1.54, 1.807) is 7.11 Å². The minimum atomic E-state index is 0.440. The van der Waals surface area contributed by atoms with E-state index in [2.05, 4.69) is 6.92 Å². The lowest BCUT2D eigenvalue weighted by Gasteiger charge is -2.32. The van der Waals surface area contributed by atoms with Gasteiger partial charge in [-0.25, -0.2) is 0 Å². The van der Waals surface area contributed by atoms with E-state index in [0.717, 1.165) is 18.4 Å². The molecule has 3 unspecified atom stereocenters. The molecule has 0 spiro atoms. The van der Waals surface area contributed by atoms with Crippen LogP contribution in [0.4, 0.5) is 0 Å². The molecule has 1 rings (SSSR count). The Hall–Kier alpha value is 0.250. The molecule has 1 aliphatic carbocycles. The Morgan fingerprint density at radius 2 is 2.07 bits per heavy atom. The maximum atomic E-state index is 6.39. The van der Waals surface area contributed by atoms with Crippen molar-refractivity contribution >= 4 is 11.6 Å². The summed E-state index contributed by atoms with van der Waals surface area (Å²) in [6.07, 6.45) is 9.03. The van der Waals surface area contributed by atoms with Crippen molar-refractivity contribution in [2.24, 2.45) is 11.8 Å². The molecule has 0 aromatic rings. The Morgan fingerprint density at radius 1 is 1.27 bits per heavy atom. The predicted molar refractivity (Wildman–Crippen MR) is 66.5 cm³/mol. The minimum Gasteiger partial charge on any atom is -0.385 e. The summed E-state index contributed by atoms with van der Waals surface area (Å²) in [5.74, 6) is 1.70.